The van der Waals surface area contributed by atoms with Crippen LogP contribution in [0.3, 0.4) is 0 Å². The van der Waals surface area contributed by atoms with E-state index in [2.05, 4.69) is 89.9 Å². The largest absolute Gasteiger partial charge is 1.00 e. The van der Waals surface area contributed by atoms with E-state index in [0.717, 1.165) is 27.9 Å². The third-order valence-electron chi connectivity index (χ3n) is 9.06. The summed E-state index contributed by atoms with van der Waals surface area (Å²) in [5.74, 6) is 0. The van der Waals surface area contributed by atoms with E-state index in [0.29, 0.717) is 32.7 Å². The molecule has 0 aliphatic rings. The molecular weight excluding hydrogens is 771 g/mol. The van der Waals surface area contributed by atoms with E-state index >= 15 is 0 Å². The Labute approximate surface area is 370 Å². The molecule has 8 heteroatoms. The summed E-state index contributed by atoms with van der Waals surface area (Å²) >= 11 is 0. The first-order valence-electron chi connectivity index (χ1n) is 20.8. The Hall–Kier alpha value is -6.13. The summed E-state index contributed by atoms with van der Waals surface area (Å²) < 4.78 is 20.7. The van der Waals surface area contributed by atoms with Crippen molar-refractivity contribution < 1.29 is 25.2 Å². The smallest absolute Gasteiger partial charge is 0.348 e. The molecule has 324 valence electrons. The maximum absolute atomic E-state index is 10.0. The summed E-state index contributed by atoms with van der Waals surface area (Å²) in [4.78, 5) is 19.2. The van der Waals surface area contributed by atoms with Crippen LogP contribution in [-0.2, 0) is 23.7 Å². The quantitative estimate of drug-likeness (QED) is 0.0587. The molecule has 0 bridgehead atoms. The van der Waals surface area contributed by atoms with Gasteiger partial charge in [-0.1, -0.05) is 183 Å². The Balaban J connectivity index is 0.000000298. The molecule has 7 rings (SSSR count). The topological polar surface area (TPSA) is 105 Å². The van der Waals surface area contributed by atoms with E-state index in [1.807, 2.05) is 131 Å². The van der Waals surface area contributed by atoms with Crippen molar-refractivity contribution >= 4 is 23.3 Å². The van der Waals surface area contributed by atoms with Crippen LogP contribution in [0.1, 0.15) is 70.9 Å². The van der Waals surface area contributed by atoms with Crippen LogP contribution < -0.4 is 5.73 Å². The molecule has 0 fully saturated rings. The van der Waals surface area contributed by atoms with Gasteiger partial charge < -0.3 is 24.7 Å². The number of aldehydes is 1. The predicted molar refractivity (Wildman–Crippen MR) is 257 cm³/mol. The van der Waals surface area contributed by atoms with Crippen LogP contribution in [0.25, 0.3) is 22.0 Å². The van der Waals surface area contributed by atoms with Crippen LogP contribution in [0, 0.1) is 0 Å². The third-order valence-corrected chi connectivity index (χ3v) is 9.06. The molecule has 7 aromatic rings. The SMILES string of the molecule is C.CCOC(C=NC(c1ccccc1)c1ccccc1)OCC.CCOC(C=O)OCC.NC(c1ccccc1)c1ccccc1.[H+].c1ccc(-c2nccc3ccccc23)cc1. The molecule has 0 radical (unpaired) electrons. The van der Waals surface area contributed by atoms with Crippen LogP contribution >= 0.6 is 0 Å². The fourth-order valence-corrected chi connectivity index (χ4v) is 6.17. The second-order valence-electron chi connectivity index (χ2n) is 13.3. The second kappa shape index (κ2) is 30.0. The molecule has 0 aliphatic carbocycles. The monoisotopic (exact) mass is 834 g/mol. The number of pyridine rings is 1. The first-order chi connectivity index (χ1) is 30.0. The number of rotatable bonds is 16. The minimum Gasteiger partial charge on any atom is -0.348 e. The Morgan fingerprint density at radius 1 is 0.532 bits per heavy atom. The van der Waals surface area contributed by atoms with E-state index < -0.39 is 12.6 Å². The summed E-state index contributed by atoms with van der Waals surface area (Å²) in [6.45, 7) is 9.73. The summed E-state index contributed by atoms with van der Waals surface area (Å²) in [7, 11) is 0. The van der Waals surface area contributed by atoms with Gasteiger partial charge in [0.15, 0.2) is 12.6 Å². The maximum Gasteiger partial charge on any atom is 1.00 e. The van der Waals surface area contributed by atoms with E-state index in [1.54, 1.807) is 6.21 Å². The Kier molecular flexibility index (Phi) is 24.3. The molecule has 0 saturated carbocycles. The zero-order chi connectivity index (χ0) is 43.3. The van der Waals surface area contributed by atoms with Gasteiger partial charge in [0.05, 0.1) is 24.0 Å². The van der Waals surface area contributed by atoms with Crippen molar-refractivity contribution in [2.45, 2.75) is 59.8 Å². The van der Waals surface area contributed by atoms with Crippen LogP contribution in [0.5, 0.6) is 0 Å². The molecule has 1 heterocycles. The Morgan fingerprint density at radius 3 is 1.35 bits per heavy atom. The summed E-state index contributed by atoms with van der Waals surface area (Å²) in [6.07, 6.45) is 3.21. The van der Waals surface area contributed by atoms with Crippen LogP contribution in [0.2, 0.25) is 0 Å². The Bertz CT molecular complexity index is 2120. The van der Waals surface area contributed by atoms with Gasteiger partial charge in [-0.15, -0.1) is 0 Å². The summed E-state index contributed by atoms with van der Waals surface area (Å²) in [6, 6.07) is 61.4. The number of ether oxygens (including phenoxy) is 4. The lowest BCUT2D eigenvalue weighted by atomic mass is 9.99. The lowest BCUT2D eigenvalue weighted by Gasteiger charge is -2.16. The number of nitrogens with zero attached hydrogens (tertiary/aromatic N) is 2. The van der Waals surface area contributed by atoms with Crippen molar-refractivity contribution in [1.29, 1.82) is 0 Å². The number of hydrogen-bond donors (Lipinski definition) is 1. The third kappa shape index (κ3) is 17.1. The molecule has 2 N–H and O–H groups in total. The average Bonchev–Trinajstić information content (AvgIpc) is 3.33. The van der Waals surface area contributed by atoms with Crippen LogP contribution in [0.15, 0.2) is 193 Å². The van der Waals surface area contributed by atoms with Crippen molar-refractivity contribution in [2.75, 3.05) is 26.4 Å². The van der Waals surface area contributed by atoms with Crippen molar-refractivity contribution in [3.63, 3.8) is 0 Å². The molecule has 0 atom stereocenters. The molecule has 8 nitrogen and oxygen atoms in total. The average molecular weight is 835 g/mol. The van der Waals surface area contributed by atoms with E-state index in [-0.39, 0.29) is 20.9 Å². The van der Waals surface area contributed by atoms with Gasteiger partial charge in [0, 0.05) is 43.6 Å². The number of hydrogen-bond acceptors (Lipinski definition) is 8. The van der Waals surface area contributed by atoms with Gasteiger partial charge in [-0.05, 0) is 61.4 Å². The van der Waals surface area contributed by atoms with Crippen molar-refractivity contribution in [3.05, 3.63) is 210 Å². The van der Waals surface area contributed by atoms with Gasteiger partial charge in [-0.3, -0.25) is 14.8 Å². The van der Waals surface area contributed by atoms with Gasteiger partial charge >= 0.3 is 1.43 Å². The van der Waals surface area contributed by atoms with Gasteiger partial charge in [0.2, 0.25) is 6.29 Å². The molecule has 62 heavy (non-hydrogen) atoms. The molecule has 1 aromatic heterocycles. The number of aliphatic imine (C=N–C) groups is 1. The highest BCUT2D eigenvalue weighted by molar-refractivity contribution is 5.94. The number of aromatic nitrogens is 1. The summed E-state index contributed by atoms with van der Waals surface area (Å²) in [5, 5.41) is 2.44. The van der Waals surface area contributed by atoms with E-state index in [9.17, 15) is 4.79 Å². The van der Waals surface area contributed by atoms with Crippen molar-refractivity contribution in [3.8, 4) is 11.3 Å². The fraction of sp³-hybridized carbons (Fsp3) is 0.241. The predicted octanol–water partition coefficient (Wildman–Crippen LogP) is 12.2. The highest BCUT2D eigenvalue weighted by Gasteiger charge is 2.13. The highest BCUT2D eigenvalue weighted by Crippen LogP contribution is 2.27. The summed E-state index contributed by atoms with van der Waals surface area (Å²) in [5.41, 5.74) is 12.9. The molecule has 0 aliphatic heterocycles. The number of benzene rings is 6. The zero-order valence-electron chi connectivity index (χ0n) is 36.7. The second-order valence-corrected chi connectivity index (χ2v) is 13.3. The minimum atomic E-state index is -0.667. The number of carbonyl (C=O) groups is 1. The van der Waals surface area contributed by atoms with Gasteiger partial charge in [0.25, 0.3) is 0 Å². The van der Waals surface area contributed by atoms with Gasteiger partial charge in [-0.2, -0.15) is 0 Å². The molecular formula is C54H64N3O5+. The first kappa shape index (κ1) is 50.2. The maximum atomic E-state index is 10.0. The van der Waals surface area contributed by atoms with Crippen molar-refractivity contribution in [2.24, 2.45) is 10.7 Å². The van der Waals surface area contributed by atoms with Crippen molar-refractivity contribution in [1.82, 2.24) is 4.98 Å². The first-order valence-corrected chi connectivity index (χ1v) is 20.8. The number of fused-ring (bicyclic) bond motifs is 1. The van der Waals surface area contributed by atoms with Crippen LogP contribution in [0.4, 0.5) is 0 Å². The zero-order valence-corrected chi connectivity index (χ0v) is 35.7. The number of nitrogens with two attached hydrogens (primary N) is 1. The number of carbonyl (C=O) groups excluding carboxylic acids is 1. The molecule has 0 saturated heterocycles. The minimum absolute atomic E-state index is 0. The lowest BCUT2D eigenvalue weighted by molar-refractivity contribution is -0.155. The highest BCUT2D eigenvalue weighted by atomic mass is 16.7. The van der Waals surface area contributed by atoms with E-state index in [1.165, 1.54) is 16.3 Å². The van der Waals surface area contributed by atoms with Gasteiger partial charge in [0.1, 0.15) is 0 Å². The fourth-order valence-electron chi connectivity index (χ4n) is 6.17. The van der Waals surface area contributed by atoms with Crippen LogP contribution in [-0.4, -0.2) is 56.5 Å². The molecule has 6 aromatic carbocycles. The lowest BCUT2D eigenvalue weighted by Crippen LogP contribution is -2.19. The van der Waals surface area contributed by atoms with Gasteiger partial charge in [-0.25, -0.2) is 0 Å². The standard InChI is InChI=1S/C19H23NO2.C15H11N.C13H13N.C6H12O3.CH4/c1-3-21-18(22-4-2)15-20-19(16-11-7-5-8-12-16)17-13-9-6-10-14-17;1-2-7-13(8-3-1)15-14-9-5-4-6-12(14)10-11-16-15;14-13(11-7-3-1-4-8-11)12-9-5-2-6-10-12;1-3-8-6(5-7)9-4-2;/h5-15,18-19H,3-4H2,1-2H3;1-11H;1-10,13H,14H2;5-6H,3-4H2,1-2H3;1H4/p+1. The normalized spacial score (nSPS) is 10.7. The molecule has 0 amide bonds. The molecule has 0 spiro atoms. The molecule has 0 unspecified atom stereocenters. The Morgan fingerprint density at radius 2 is 0.919 bits per heavy atom. The van der Waals surface area contributed by atoms with E-state index in [4.69, 9.17) is 29.7 Å².